The third kappa shape index (κ3) is 7.86. The van der Waals surface area contributed by atoms with Crippen LogP contribution in [0, 0.1) is 0 Å². The SMILES string of the molecule is CC[C@H](C)NC(=O)[C@@H](C)N(Cc1ccc(Cl)cc1)C(=O)CSCc1cccc(Cl)c1. The largest absolute Gasteiger partial charge is 0.352 e. The molecule has 2 aromatic rings. The second-order valence-corrected chi connectivity index (χ2v) is 9.12. The van der Waals surface area contributed by atoms with Gasteiger partial charge in [-0.25, -0.2) is 0 Å². The van der Waals surface area contributed by atoms with Gasteiger partial charge in [0.25, 0.3) is 0 Å². The van der Waals surface area contributed by atoms with Gasteiger partial charge >= 0.3 is 0 Å². The fourth-order valence-electron chi connectivity index (χ4n) is 2.80. The van der Waals surface area contributed by atoms with Gasteiger partial charge in [0.05, 0.1) is 5.75 Å². The van der Waals surface area contributed by atoms with Gasteiger partial charge in [-0.05, 0) is 55.7 Å². The van der Waals surface area contributed by atoms with Crippen molar-refractivity contribution in [2.45, 2.75) is 51.6 Å². The highest BCUT2D eigenvalue weighted by Crippen LogP contribution is 2.19. The van der Waals surface area contributed by atoms with Crippen molar-refractivity contribution < 1.29 is 9.59 Å². The predicted molar refractivity (Wildman–Crippen MR) is 127 cm³/mol. The van der Waals surface area contributed by atoms with Crippen molar-refractivity contribution in [2.75, 3.05) is 5.75 Å². The summed E-state index contributed by atoms with van der Waals surface area (Å²) in [4.78, 5) is 27.4. The summed E-state index contributed by atoms with van der Waals surface area (Å²) in [5.74, 6) is 0.727. The molecule has 4 nitrogen and oxygen atoms in total. The van der Waals surface area contributed by atoms with E-state index in [4.69, 9.17) is 23.2 Å². The Labute approximate surface area is 193 Å². The van der Waals surface area contributed by atoms with Crippen molar-refractivity contribution in [1.29, 1.82) is 0 Å². The summed E-state index contributed by atoms with van der Waals surface area (Å²) >= 11 is 13.5. The van der Waals surface area contributed by atoms with Gasteiger partial charge in [-0.2, -0.15) is 0 Å². The number of carbonyl (C=O) groups excluding carboxylic acids is 2. The number of carbonyl (C=O) groups is 2. The zero-order chi connectivity index (χ0) is 22.1. The molecule has 0 unspecified atom stereocenters. The lowest BCUT2D eigenvalue weighted by molar-refractivity contribution is -0.138. The van der Waals surface area contributed by atoms with Crippen LogP contribution in [-0.4, -0.2) is 34.6 Å². The molecule has 0 spiro atoms. The Morgan fingerprint density at radius 1 is 1.03 bits per heavy atom. The molecule has 2 amide bonds. The highest BCUT2D eigenvalue weighted by atomic mass is 35.5. The first-order valence-corrected chi connectivity index (χ1v) is 11.9. The molecule has 0 heterocycles. The van der Waals surface area contributed by atoms with E-state index in [0.29, 0.717) is 22.3 Å². The standard InChI is InChI=1S/C23H28Cl2N2O2S/c1-4-16(2)26-23(29)17(3)27(13-18-8-10-20(24)11-9-18)22(28)15-30-14-19-6-5-7-21(25)12-19/h5-12,16-17H,4,13-15H2,1-3H3,(H,26,29)/t16-,17+/m0/s1. The predicted octanol–water partition coefficient (Wildman–Crippen LogP) is 5.56. The first-order valence-electron chi connectivity index (χ1n) is 9.96. The summed E-state index contributed by atoms with van der Waals surface area (Å²) in [6.07, 6.45) is 0.832. The number of hydrogen-bond acceptors (Lipinski definition) is 3. The van der Waals surface area contributed by atoms with Crippen LogP contribution in [0.4, 0.5) is 0 Å². The summed E-state index contributed by atoms with van der Waals surface area (Å²) in [7, 11) is 0. The summed E-state index contributed by atoms with van der Waals surface area (Å²) in [6, 6.07) is 14.4. The number of thioether (sulfide) groups is 1. The highest BCUT2D eigenvalue weighted by molar-refractivity contribution is 7.99. The molecule has 7 heteroatoms. The van der Waals surface area contributed by atoms with E-state index in [-0.39, 0.29) is 23.6 Å². The van der Waals surface area contributed by atoms with Crippen LogP contribution in [0.3, 0.4) is 0 Å². The second-order valence-electron chi connectivity index (χ2n) is 7.26. The molecular formula is C23H28Cl2N2O2S. The van der Waals surface area contributed by atoms with Gasteiger partial charge < -0.3 is 10.2 Å². The van der Waals surface area contributed by atoms with Gasteiger partial charge in [0.2, 0.25) is 11.8 Å². The monoisotopic (exact) mass is 466 g/mol. The minimum atomic E-state index is -0.575. The van der Waals surface area contributed by atoms with Gasteiger partial charge in [-0.15, -0.1) is 11.8 Å². The topological polar surface area (TPSA) is 49.4 Å². The number of nitrogens with one attached hydrogen (secondary N) is 1. The number of rotatable bonds is 10. The lowest BCUT2D eigenvalue weighted by atomic mass is 10.1. The first kappa shape index (κ1) is 24.6. The van der Waals surface area contributed by atoms with Gasteiger partial charge in [-0.3, -0.25) is 9.59 Å². The van der Waals surface area contributed by atoms with Gasteiger partial charge in [0.15, 0.2) is 0 Å². The summed E-state index contributed by atoms with van der Waals surface area (Å²) in [5.41, 5.74) is 1.99. The van der Waals surface area contributed by atoms with Crippen LogP contribution in [0.25, 0.3) is 0 Å². The zero-order valence-corrected chi connectivity index (χ0v) is 19.9. The molecule has 0 saturated heterocycles. The molecule has 0 bridgehead atoms. The zero-order valence-electron chi connectivity index (χ0n) is 17.5. The number of amides is 2. The minimum absolute atomic E-state index is 0.0599. The number of benzene rings is 2. The smallest absolute Gasteiger partial charge is 0.242 e. The lowest BCUT2D eigenvalue weighted by Crippen LogP contribution is -2.50. The second kappa shape index (κ2) is 12.2. The fraction of sp³-hybridized carbons (Fsp3) is 0.391. The molecule has 0 aliphatic carbocycles. The Morgan fingerprint density at radius 3 is 2.37 bits per heavy atom. The van der Waals surface area contributed by atoms with E-state index in [9.17, 15) is 9.59 Å². The molecular weight excluding hydrogens is 439 g/mol. The van der Waals surface area contributed by atoms with Crippen molar-refractivity contribution >= 4 is 46.8 Å². The van der Waals surface area contributed by atoms with E-state index in [2.05, 4.69) is 5.32 Å². The normalized spacial score (nSPS) is 12.8. The Morgan fingerprint density at radius 2 is 1.73 bits per heavy atom. The van der Waals surface area contributed by atoms with Gasteiger partial charge in [-0.1, -0.05) is 54.4 Å². The quantitative estimate of drug-likeness (QED) is 0.498. The van der Waals surface area contributed by atoms with Gasteiger partial charge in [0.1, 0.15) is 6.04 Å². The Bertz CT molecular complexity index is 845. The van der Waals surface area contributed by atoms with E-state index in [1.807, 2.05) is 50.2 Å². The first-order chi connectivity index (χ1) is 14.3. The van der Waals surface area contributed by atoms with Gasteiger partial charge in [0, 0.05) is 28.4 Å². The van der Waals surface area contributed by atoms with Crippen LogP contribution >= 0.6 is 35.0 Å². The number of hydrogen-bond donors (Lipinski definition) is 1. The van der Waals surface area contributed by atoms with Crippen LogP contribution in [0.1, 0.15) is 38.3 Å². The van der Waals surface area contributed by atoms with Crippen LogP contribution in [0.15, 0.2) is 48.5 Å². The highest BCUT2D eigenvalue weighted by Gasteiger charge is 2.26. The Hall–Kier alpha value is -1.69. The van der Waals surface area contributed by atoms with E-state index in [1.54, 1.807) is 24.0 Å². The van der Waals surface area contributed by atoms with Crippen LogP contribution in [0.5, 0.6) is 0 Å². The van der Waals surface area contributed by atoms with Crippen molar-refractivity contribution in [3.63, 3.8) is 0 Å². The summed E-state index contributed by atoms with van der Waals surface area (Å²) in [5, 5.41) is 4.29. The van der Waals surface area contributed by atoms with Crippen LogP contribution in [-0.2, 0) is 21.9 Å². The maximum Gasteiger partial charge on any atom is 0.242 e. The number of nitrogens with zero attached hydrogens (tertiary/aromatic N) is 1. The Balaban J connectivity index is 2.07. The lowest BCUT2D eigenvalue weighted by Gasteiger charge is -2.29. The van der Waals surface area contributed by atoms with Crippen LogP contribution < -0.4 is 5.32 Å². The average Bonchev–Trinajstić information content (AvgIpc) is 2.72. The van der Waals surface area contributed by atoms with Crippen molar-refractivity contribution in [3.8, 4) is 0 Å². The Kier molecular flexibility index (Phi) is 10.0. The molecule has 2 rings (SSSR count). The molecule has 0 fully saturated rings. The third-order valence-corrected chi connectivity index (χ3v) is 6.29. The molecule has 0 saturated carbocycles. The fourth-order valence-corrected chi connectivity index (χ4v) is 4.00. The molecule has 2 atom stereocenters. The molecule has 162 valence electrons. The van der Waals surface area contributed by atoms with E-state index in [1.165, 1.54) is 11.8 Å². The maximum atomic E-state index is 13.0. The molecule has 30 heavy (non-hydrogen) atoms. The summed E-state index contributed by atoms with van der Waals surface area (Å²) < 4.78 is 0. The van der Waals surface area contributed by atoms with Crippen molar-refractivity contribution in [3.05, 3.63) is 69.7 Å². The van der Waals surface area contributed by atoms with Crippen molar-refractivity contribution in [1.82, 2.24) is 10.2 Å². The maximum absolute atomic E-state index is 13.0. The van der Waals surface area contributed by atoms with E-state index in [0.717, 1.165) is 17.5 Å². The molecule has 0 aromatic heterocycles. The molecule has 0 aliphatic rings. The minimum Gasteiger partial charge on any atom is -0.352 e. The van der Waals surface area contributed by atoms with E-state index >= 15 is 0 Å². The van der Waals surface area contributed by atoms with E-state index < -0.39 is 6.04 Å². The summed E-state index contributed by atoms with van der Waals surface area (Å²) in [6.45, 7) is 6.09. The third-order valence-electron chi connectivity index (χ3n) is 4.82. The molecule has 2 aromatic carbocycles. The molecule has 0 radical (unpaired) electrons. The average molecular weight is 467 g/mol. The molecule has 1 N–H and O–H groups in total. The van der Waals surface area contributed by atoms with Crippen LogP contribution in [0.2, 0.25) is 10.0 Å². The number of halogens is 2. The molecule has 0 aliphatic heterocycles. The van der Waals surface area contributed by atoms with Crippen molar-refractivity contribution in [2.24, 2.45) is 0 Å².